The predicted octanol–water partition coefficient (Wildman–Crippen LogP) is 9.23. The normalized spacial score (nSPS) is 15.7. The van der Waals surface area contributed by atoms with Gasteiger partial charge in [0.05, 0.1) is 25.2 Å². The summed E-state index contributed by atoms with van der Waals surface area (Å²) in [6.45, 7) is 0.426. The third kappa shape index (κ3) is 5.29. The Morgan fingerprint density at radius 3 is 2.48 bits per heavy atom. The van der Waals surface area contributed by atoms with Crippen molar-refractivity contribution in [3.05, 3.63) is 170 Å². The molecule has 0 amide bonds. The van der Waals surface area contributed by atoms with E-state index in [4.69, 9.17) is 21.3 Å². The number of allylic oxidation sites excluding steroid dienone is 1. The van der Waals surface area contributed by atoms with E-state index >= 15 is 0 Å². The van der Waals surface area contributed by atoms with Crippen molar-refractivity contribution in [2.24, 2.45) is 4.99 Å². The highest BCUT2D eigenvalue weighted by Gasteiger charge is 2.32. The van der Waals surface area contributed by atoms with Gasteiger partial charge in [-0.1, -0.05) is 102 Å². The third-order valence-corrected chi connectivity index (χ3v) is 11.0. The minimum absolute atomic E-state index is 0.0577. The molecular weight excluding hydrogens is 744 g/mol. The lowest BCUT2D eigenvalue weighted by Gasteiger charge is -2.30. The highest BCUT2D eigenvalue weighted by Crippen LogP contribution is 2.41. The van der Waals surface area contributed by atoms with Crippen molar-refractivity contribution in [2.45, 2.75) is 25.5 Å². The topological polar surface area (TPSA) is 43.6 Å². The average Bonchev–Trinajstić information content (AvgIpc) is 3.37. The zero-order valence-electron chi connectivity index (χ0n) is 24.3. The second-order valence-corrected chi connectivity index (χ2v) is 14.6. The summed E-state index contributed by atoms with van der Waals surface area (Å²) in [7, 11) is 0. The van der Waals surface area contributed by atoms with Gasteiger partial charge in [0.25, 0.3) is 5.56 Å². The molecule has 1 aliphatic heterocycles. The van der Waals surface area contributed by atoms with Crippen molar-refractivity contribution >= 4 is 77.3 Å². The number of hydrogen-bond donors (Lipinski definition) is 0. The van der Waals surface area contributed by atoms with Crippen molar-refractivity contribution < 1.29 is 4.74 Å². The number of thiazole rings is 1. The largest absolute Gasteiger partial charge is 0.487 e. The van der Waals surface area contributed by atoms with Crippen molar-refractivity contribution in [3.8, 4) is 5.75 Å². The van der Waals surface area contributed by atoms with Crippen LogP contribution >= 0.6 is 54.8 Å². The van der Waals surface area contributed by atoms with Gasteiger partial charge < -0.3 is 4.74 Å². The molecule has 1 aliphatic carbocycles. The summed E-state index contributed by atoms with van der Waals surface area (Å²) in [5.41, 5.74) is 7.53. The number of ether oxygens (including phenoxy) is 1. The van der Waals surface area contributed by atoms with Gasteiger partial charge in [-0.15, -0.1) is 0 Å². The Labute approximate surface area is 291 Å². The van der Waals surface area contributed by atoms with E-state index in [2.05, 4.69) is 86.5 Å². The van der Waals surface area contributed by atoms with Crippen LogP contribution in [0.25, 0.3) is 22.5 Å². The van der Waals surface area contributed by atoms with Crippen LogP contribution in [0.15, 0.2) is 127 Å². The first-order valence-electron chi connectivity index (χ1n) is 14.9. The zero-order chi connectivity index (χ0) is 31.4. The monoisotopic (exact) mass is 766 g/mol. The number of halogens is 3. The fourth-order valence-electron chi connectivity index (χ4n) is 6.49. The third-order valence-electron chi connectivity index (χ3n) is 8.63. The summed E-state index contributed by atoms with van der Waals surface area (Å²) in [6.07, 6.45) is 3.69. The summed E-state index contributed by atoms with van der Waals surface area (Å²) in [5, 5.41) is 3.02. The van der Waals surface area contributed by atoms with E-state index in [1.165, 1.54) is 27.7 Å². The number of hydrogen-bond acceptors (Lipinski definition) is 4. The minimum Gasteiger partial charge on any atom is -0.487 e. The fourth-order valence-corrected chi connectivity index (χ4v) is 9.07. The number of fused-ring (bicyclic) bond motifs is 4. The van der Waals surface area contributed by atoms with Crippen LogP contribution in [0.4, 0.5) is 0 Å². The Bertz CT molecular complexity index is 2370. The lowest BCUT2D eigenvalue weighted by molar-refractivity contribution is 0.303. The predicted molar refractivity (Wildman–Crippen MR) is 194 cm³/mol. The van der Waals surface area contributed by atoms with Crippen LogP contribution in [0.3, 0.4) is 0 Å². The van der Waals surface area contributed by atoms with Gasteiger partial charge in [0.15, 0.2) is 4.80 Å². The van der Waals surface area contributed by atoms with Crippen molar-refractivity contribution in [1.29, 1.82) is 0 Å². The molecule has 0 saturated heterocycles. The Morgan fingerprint density at radius 1 is 0.913 bits per heavy atom. The molecule has 46 heavy (non-hydrogen) atoms. The SMILES string of the molecule is O=c1/c(=C/c2cc(Br)c(OCc3cccc4ccccc34)c(Br)c2)sc2n1[C@@H](c1ccc(Cl)cc1)C1=C(N=2)c2ccccc2CC1. The van der Waals surface area contributed by atoms with E-state index in [-0.39, 0.29) is 11.6 Å². The summed E-state index contributed by atoms with van der Waals surface area (Å²) >= 11 is 15.1. The minimum atomic E-state index is -0.248. The van der Waals surface area contributed by atoms with E-state index in [0.29, 0.717) is 26.7 Å². The molecule has 0 spiro atoms. The molecule has 226 valence electrons. The lowest BCUT2D eigenvalue weighted by atomic mass is 9.83. The average molecular weight is 769 g/mol. The van der Waals surface area contributed by atoms with Crippen LogP contribution in [-0.4, -0.2) is 4.57 Å². The van der Waals surface area contributed by atoms with Crippen LogP contribution in [0.5, 0.6) is 5.75 Å². The second kappa shape index (κ2) is 12.1. The highest BCUT2D eigenvalue weighted by atomic mass is 79.9. The first-order valence-corrected chi connectivity index (χ1v) is 17.7. The Morgan fingerprint density at radius 2 is 1.65 bits per heavy atom. The summed E-state index contributed by atoms with van der Waals surface area (Å²) in [6, 6.07) is 34.5. The number of aryl methyl sites for hydroxylation is 1. The van der Waals surface area contributed by atoms with E-state index in [0.717, 1.165) is 55.3 Å². The van der Waals surface area contributed by atoms with Crippen LogP contribution in [0.2, 0.25) is 5.02 Å². The second-order valence-electron chi connectivity index (χ2n) is 11.4. The van der Waals surface area contributed by atoms with Crippen LogP contribution in [0, 0.1) is 0 Å². The number of rotatable bonds is 5. The molecule has 2 heterocycles. The van der Waals surface area contributed by atoms with E-state index in [9.17, 15) is 4.79 Å². The number of nitrogens with zero attached hydrogens (tertiary/aromatic N) is 2. The molecule has 0 saturated carbocycles. The van der Waals surface area contributed by atoms with E-state index in [1.807, 2.05) is 59.2 Å². The Balaban J connectivity index is 1.19. The molecule has 8 heteroatoms. The van der Waals surface area contributed by atoms with Gasteiger partial charge in [-0.3, -0.25) is 9.36 Å². The molecule has 4 nitrogen and oxygen atoms in total. The maximum atomic E-state index is 14.2. The summed E-state index contributed by atoms with van der Waals surface area (Å²) < 4.78 is 10.4. The van der Waals surface area contributed by atoms with Gasteiger partial charge in [0.2, 0.25) is 0 Å². The molecule has 0 radical (unpaired) electrons. The summed E-state index contributed by atoms with van der Waals surface area (Å²) in [5.74, 6) is 0.709. The highest BCUT2D eigenvalue weighted by molar-refractivity contribution is 9.11. The van der Waals surface area contributed by atoms with Gasteiger partial charge in [-0.25, -0.2) is 4.99 Å². The van der Waals surface area contributed by atoms with Crippen LogP contribution in [0.1, 0.15) is 40.3 Å². The molecule has 1 aromatic heterocycles. The Hall–Kier alpha value is -3.75. The van der Waals surface area contributed by atoms with Gasteiger partial charge >= 0.3 is 0 Å². The lowest BCUT2D eigenvalue weighted by Crippen LogP contribution is -2.38. The summed E-state index contributed by atoms with van der Waals surface area (Å²) in [4.78, 5) is 20.0. The van der Waals surface area contributed by atoms with Crippen molar-refractivity contribution in [2.75, 3.05) is 0 Å². The molecule has 6 aromatic rings. The quantitative estimate of drug-likeness (QED) is 0.176. The number of aromatic nitrogens is 1. The van der Waals surface area contributed by atoms with Crippen molar-refractivity contribution in [1.82, 2.24) is 4.57 Å². The van der Waals surface area contributed by atoms with Crippen LogP contribution in [-0.2, 0) is 13.0 Å². The Kier molecular flexibility index (Phi) is 7.81. The van der Waals surface area contributed by atoms with Crippen LogP contribution < -0.4 is 19.6 Å². The standard InChI is InChI=1S/C38H25Br2ClN2O2S/c39-31-18-22(19-32(40)36(31)45-21-26-9-5-8-23-6-1-3-10-28(23)26)20-33-37(44)43-35(25-12-15-27(41)16-13-25)30-17-14-24-7-2-4-11-29(24)34(30)42-38(43)46-33/h1-13,15-16,18-20,35H,14,17,21H2/b33-20-/t35-/m0/s1. The molecule has 0 unspecified atom stereocenters. The van der Waals surface area contributed by atoms with E-state index in [1.54, 1.807) is 0 Å². The molecule has 1 atom stereocenters. The fraction of sp³-hybridized carbons (Fsp3) is 0.105. The van der Waals surface area contributed by atoms with Gasteiger partial charge in [-0.2, -0.15) is 0 Å². The maximum Gasteiger partial charge on any atom is 0.271 e. The molecule has 0 bridgehead atoms. The van der Waals surface area contributed by atoms with Gasteiger partial charge in [-0.05, 0) is 114 Å². The maximum absolute atomic E-state index is 14.2. The molecule has 0 fully saturated rings. The first kappa shape index (κ1) is 29.6. The molecule has 8 rings (SSSR count). The zero-order valence-corrected chi connectivity index (χ0v) is 29.1. The molecular formula is C38H25Br2ClN2O2S. The molecule has 2 aliphatic rings. The van der Waals surface area contributed by atoms with Gasteiger partial charge in [0.1, 0.15) is 12.4 Å². The van der Waals surface area contributed by atoms with Crippen molar-refractivity contribution in [3.63, 3.8) is 0 Å². The van der Waals surface area contributed by atoms with E-state index < -0.39 is 0 Å². The van der Waals surface area contributed by atoms with Gasteiger partial charge in [0, 0.05) is 10.6 Å². The molecule has 5 aromatic carbocycles. The molecule has 0 N–H and O–H groups in total. The number of benzene rings is 5. The first-order chi connectivity index (χ1) is 22.4. The smallest absolute Gasteiger partial charge is 0.271 e.